The van der Waals surface area contributed by atoms with Gasteiger partial charge in [-0.2, -0.15) is 0 Å². The largest absolute Gasteiger partial charge is 0.486 e. The van der Waals surface area contributed by atoms with Crippen molar-refractivity contribution in [1.82, 2.24) is 5.32 Å². The average Bonchev–Trinajstić information content (AvgIpc) is 2.35. The maximum absolute atomic E-state index is 10.6. The summed E-state index contributed by atoms with van der Waals surface area (Å²) in [5.74, 6) is 1.45. The highest BCUT2D eigenvalue weighted by atomic mass is 16.6. The fraction of sp³-hybridized carbons (Fsp3) is 0.600. The van der Waals surface area contributed by atoms with Crippen LogP contribution in [0.3, 0.4) is 0 Å². The summed E-state index contributed by atoms with van der Waals surface area (Å²) in [7, 11) is 0. The van der Waals surface area contributed by atoms with E-state index in [0.717, 1.165) is 11.3 Å². The molecule has 0 spiro atoms. The standard InChI is InChI=1S/C15H23NO3/c1-14(2,3)16-10-15(4,17)11-5-6-12-13(9-11)19-8-7-18-12/h5-6,9,16-17H,7-8,10H2,1-4H3. The lowest BCUT2D eigenvalue weighted by Gasteiger charge is -2.30. The van der Waals surface area contributed by atoms with Gasteiger partial charge in [0.15, 0.2) is 11.5 Å². The van der Waals surface area contributed by atoms with Crippen LogP contribution in [0.5, 0.6) is 11.5 Å². The molecule has 0 saturated carbocycles. The molecule has 2 N–H and O–H groups in total. The van der Waals surface area contributed by atoms with Crippen LogP contribution in [0, 0.1) is 0 Å². The number of ether oxygens (including phenoxy) is 2. The average molecular weight is 265 g/mol. The maximum atomic E-state index is 10.6. The van der Waals surface area contributed by atoms with Gasteiger partial charge < -0.3 is 19.9 Å². The van der Waals surface area contributed by atoms with E-state index in [4.69, 9.17) is 9.47 Å². The number of aliphatic hydroxyl groups is 1. The van der Waals surface area contributed by atoms with Crippen LogP contribution in [0.25, 0.3) is 0 Å². The first-order valence-corrected chi connectivity index (χ1v) is 6.65. The molecule has 2 rings (SSSR count). The molecule has 0 aliphatic carbocycles. The smallest absolute Gasteiger partial charge is 0.161 e. The summed E-state index contributed by atoms with van der Waals surface area (Å²) in [6.45, 7) is 9.65. The summed E-state index contributed by atoms with van der Waals surface area (Å²) in [6.07, 6.45) is 0. The van der Waals surface area contributed by atoms with Crippen LogP contribution in [0.4, 0.5) is 0 Å². The first kappa shape index (κ1) is 14.2. The Morgan fingerprint density at radius 1 is 1.11 bits per heavy atom. The quantitative estimate of drug-likeness (QED) is 0.878. The van der Waals surface area contributed by atoms with Gasteiger partial charge in [0.2, 0.25) is 0 Å². The normalized spacial score (nSPS) is 17.9. The van der Waals surface area contributed by atoms with E-state index in [1.807, 2.05) is 18.2 Å². The van der Waals surface area contributed by atoms with Crippen LogP contribution in [0.1, 0.15) is 33.3 Å². The van der Waals surface area contributed by atoms with E-state index in [9.17, 15) is 5.11 Å². The van der Waals surface area contributed by atoms with Crippen molar-refractivity contribution < 1.29 is 14.6 Å². The van der Waals surface area contributed by atoms with E-state index in [2.05, 4.69) is 26.1 Å². The van der Waals surface area contributed by atoms with Gasteiger partial charge in [-0.3, -0.25) is 0 Å². The fourth-order valence-electron chi connectivity index (χ4n) is 1.92. The summed E-state index contributed by atoms with van der Waals surface area (Å²) in [4.78, 5) is 0. The topological polar surface area (TPSA) is 50.7 Å². The minimum atomic E-state index is -0.941. The van der Waals surface area contributed by atoms with Crippen molar-refractivity contribution in [2.75, 3.05) is 19.8 Å². The molecule has 1 aromatic carbocycles. The summed E-state index contributed by atoms with van der Waals surface area (Å²) in [5.41, 5.74) is -0.144. The summed E-state index contributed by atoms with van der Waals surface area (Å²) >= 11 is 0. The highest BCUT2D eigenvalue weighted by Crippen LogP contribution is 2.34. The van der Waals surface area contributed by atoms with E-state index >= 15 is 0 Å². The van der Waals surface area contributed by atoms with Crippen molar-refractivity contribution in [1.29, 1.82) is 0 Å². The Bertz CT molecular complexity index is 449. The molecule has 0 radical (unpaired) electrons. The van der Waals surface area contributed by atoms with E-state index in [1.165, 1.54) is 0 Å². The van der Waals surface area contributed by atoms with Gasteiger partial charge in [0.05, 0.1) is 5.60 Å². The van der Waals surface area contributed by atoms with Crippen molar-refractivity contribution >= 4 is 0 Å². The van der Waals surface area contributed by atoms with Crippen molar-refractivity contribution in [2.45, 2.75) is 38.8 Å². The molecule has 0 amide bonds. The summed E-state index contributed by atoms with van der Waals surface area (Å²) < 4.78 is 11.0. The van der Waals surface area contributed by atoms with Crippen LogP contribution in [0.15, 0.2) is 18.2 Å². The van der Waals surface area contributed by atoms with E-state index < -0.39 is 5.60 Å². The van der Waals surface area contributed by atoms with Crippen LogP contribution < -0.4 is 14.8 Å². The van der Waals surface area contributed by atoms with Crippen LogP contribution in [0.2, 0.25) is 0 Å². The second-order valence-electron chi connectivity index (χ2n) is 6.24. The van der Waals surface area contributed by atoms with E-state index in [-0.39, 0.29) is 5.54 Å². The maximum Gasteiger partial charge on any atom is 0.161 e. The molecular weight excluding hydrogens is 242 g/mol. The molecule has 0 saturated heterocycles. The van der Waals surface area contributed by atoms with E-state index in [1.54, 1.807) is 6.92 Å². The van der Waals surface area contributed by atoms with Crippen LogP contribution in [-0.2, 0) is 5.60 Å². The molecule has 19 heavy (non-hydrogen) atoms. The lowest BCUT2D eigenvalue weighted by Crippen LogP contribution is -2.44. The lowest BCUT2D eigenvalue weighted by molar-refractivity contribution is 0.0495. The van der Waals surface area contributed by atoms with E-state index in [0.29, 0.717) is 25.5 Å². The molecule has 1 atom stereocenters. The predicted octanol–water partition coefficient (Wildman–Crippen LogP) is 2.05. The molecule has 1 aliphatic heterocycles. The fourth-order valence-corrected chi connectivity index (χ4v) is 1.92. The van der Waals surface area contributed by atoms with Gasteiger partial charge in [0, 0.05) is 12.1 Å². The Hall–Kier alpha value is -1.26. The van der Waals surface area contributed by atoms with Gasteiger partial charge in [-0.15, -0.1) is 0 Å². The van der Waals surface area contributed by atoms with Crippen molar-refractivity contribution in [3.63, 3.8) is 0 Å². The number of hydrogen-bond acceptors (Lipinski definition) is 4. The SMILES string of the molecule is CC(C)(C)NCC(C)(O)c1ccc2c(c1)OCCO2. The molecule has 1 aliphatic rings. The number of hydrogen-bond donors (Lipinski definition) is 2. The Morgan fingerprint density at radius 3 is 2.37 bits per heavy atom. The summed E-state index contributed by atoms with van der Waals surface area (Å²) in [5, 5.41) is 13.9. The van der Waals surface area contributed by atoms with Gasteiger partial charge in [-0.25, -0.2) is 0 Å². The number of nitrogens with one attached hydrogen (secondary N) is 1. The Morgan fingerprint density at radius 2 is 1.74 bits per heavy atom. The predicted molar refractivity (Wildman–Crippen MR) is 74.8 cm³/mol. The van der Waals surface area contributed by atoms with Gasteiger partial charge in [0.1, 0.15) is 13.2 Å². The lowest BCUT2D eigenvalue weighted by atomic mass is 9.94. The third-order valence-electron chi connectivity index (χ3n) is 3.13. The van der Waals surface area contributed by atoms with Gasteiger partial charge in [-0.1, -0.05) is 6.07 Å². The zero-order chi connectivity index (χ0) is 14.1. The first-order chi connectivity index (χ1) is 8.78. The highest BCUT2D eigenvalue weighted by molar-refractivity contribution is 5.45. The monoisotopic (exact) mass is 265 g/mol. The third kappa shape index (κ3) is 3.61. The second kappa shape index (κ2) is 5.02. The van der Waals surface area contributed by atoms with Gasteiger partial charge in [-0.05, 0) is 45.4 Å². The molecule has 0 aromatic heterocycles. The molecule has 0 bridgehead atoms. The van der Waals surface area contributed by atoms with Crippen molar-refractivity contribution in [2.24, 2.45) is 0 Å². The molecular formula is C15H23NO3. The minimum Gasteiger partial charge on any atom is -0.486 e. The first-order valence-electron chi connectivity index (χ1n) is 6.65. The zero-order valence-electron chi connectivity index (χ0n) is 12.1. The third-order valence-corrected chi connectivity index (χ3v) is 3.13. The van der Waals surface area contributed by atoms with Gasteiger partial charge in [0.25, 0.3) is 0 Å². The van der Waals surface area contributed by atoms with Crippen LogP contribution >= 0.6 is 0 Å². The minimum absolute atomic E-state index is 0.0300. The number of β-amino-alcohol motifs (C(OH)–C–C–N with tert-alkyl or cyclic N) is 1. The van der Waals surface area contributed by atoms with Crippen molar-refractivity contribution in [3.05, 3.63) is 23.8 Å². The Balaban J connectivity index is 2.15. The highest BCUT2D eigenvalue weighted by Gasteiger charge is 2.27. The molecule has 4 nitrogen and oxygen atoms in total. The Kier molecular flexibility index (Phi) is 3.74. The molecule has 1 heterocycles. The number of benzene rings is 1. The second-order valence-corrected chi connectivity index (χ2v) is 6.24. The van der Waals surface area contributed by atoms with Crippen molar-refractivity contribution in [3.8, 4) is 11.5 Å². The summed E-state index contributed by atoms with van der Waals surface area (Å²) in [6, 6.07) is 5.60. The van der Waals surface area contributed by atoms with Crippen LogP contribution in [-0.4, -0.2) is 30.4 Å². The Labute approximate surface area is 114 Å². The zero-order valence-corrected chi connectivity index (χ0v) is 12.1. The van der Waals surface area contributed by atoms with Gasteiger partial charge >= 0.3 is 0 Å². The molecule has 0 fully saturated rings. The molecule has 4 heteroatoms. The molecule has 106 valence electrons. The number of fused-ring (bicyclic) bond motifs is 1. The molecule has 1 unspecified atom stereocenters. The molecule has 1 aromatic rings. The number of rotatable bonds is 3.